The van der Waals surface area contributed by atoms with Gasteiger partial charge in [0.15, 0.2) is 5.72 Å². The molecule has 1 atom stereocenters. The molecule has 0 bridgehead atoms. The van der Waals surface area contributed by atoms with Gasteiger partial charge in [0.05, 0.1) is 0 Å². The van der Waals surface area contributed by atoms with Gasteiger partial charge in [-0.15, -0.1) is 0 Å². The summed E-state index contributed by atoms with van der Waals surface area (Å²) in [7, 11) is 0. The predicted octanol–water partition coefficient (Wildman–Crippen LogP) is 2.71. The molecule has 0 amide bonds. The standard InChI is InChI=1S/C11H13ClN2O/c1-11(2)14-9(10(13)15-11)7-3-5-8(12)6-4-7/h3-6,9,13-14H,1-2H3. The van der Waals surface area contributed by atoms with Gasteiger partial charge in [-0.25, -0.2) is 0 Å². The number of benzene rings is 1. The Morgan fingerprint density at radius 3 is 2.40 bits per heavy atom. The maximum atomic E-state index is 7.73. The van der Waals surface area contributed by atoms with Gasteiger partial charge in [0.2, 0.25) is 5.90 Å². The van der Waals surface area contributed by atoms with Gasteiger partial charge < -0.3 is 4.74 Å². The van der Waals surface area contributed by atoms with Gasteiger partial charge in [-0.2, -0.15) is 0 Å². The third kappa shape index (κ3) is 2.13. The first-order chi connectivity index (χ1) is 6.98. The van der Waals surface area contributed by atoms with Crippen LogP contribution in [0.5, 0.6) is 0 Å². The van der Waals surface area contributed by atoms with Crippen molar-refractivity contribution in [2.45, 2.75) is 25.6 Å². The van der Waals surface area contributed by atoms with Crippen molar-refractivity contribution >= 4 is 17.5 Å². The highest BCUT2D eigenvalue weighted by atomic mass is 35.5. The minimum Gasteiger partial charge on any atom is -0.459 e. The van der Waals surface area contributed by atoms with Gasteiger partial charge in [-0.1, -0.05) is 23.7 Å². The molecule has 1 unspecified atom stereocenters. The lowest BCUT2D eigenvalue weighted by Crippen LogP contribution is -2.34. The Balaban J connectivity index is 2.25. The average Bonchev–Trinajstić information content (AvgIpc) is 2.41. The quantitative estimate of drug-likeness (QED) is 0.771. The van der Waals surface area contributed by atoms with Gasteiger partial charge >= 0.3 is 0 Å². The SMILES string of the molecule is CC1(C)NC(c2ccc(Cl)cc2)C(=N)O1. The Labute approximate surface area is 93.9 Å². The highest BCUT2D eigenvalue weighted by molar-refractivity contribution is 6.30. The van der Waals surface area contributed by atoms with Crippen molar-refractivity contribution in [2.24, 2.45) is 0 Å². The summed E-state index contributed by atoms with van der Waals surface area (Å²) in [5.41, 5.74) is 0.525. The summed E-state index contributed by atoms with van der Waals surface area (Å²) in [6.45, 7) is 3.80. The van der Waals surface area contributed by atoms with Gasteiger partial charge in [-0.05, 0) is 31.5 Å². The predicted molar refractivity (Wildman–Crippen MR) is 60.2 cm³/mol. The molecule has 1 heterocycles. The van der Waals surface area contributed by atoms with Crippen molar-refractivity contribution in [1.82, 2.24) is 5.32 Å². The number of halogens is 1. The highest BCUT2D eigenvalue weighted by Crippen LogP contribution is 2.27. The third-order valence-corrected chi connectivity index (χ3v) is 2.57. The molecule has 15 heavy (non-hydrogen) atoms. The first-order valence-electron chi connectivity index (χ1n) is 4.78. The largest absolute Gasteiger partial charge is 0.459 e. The normalized spacial score (nSPS) is 23.9. The van der Waals surface area contributed by atoms with E-state index >= 15 is 0 Å². The number of rotatable bonds is 1. The molecular weight excluding hydrogens is 212 g/mol. The van der Waals surface area contributed by atoms with Crippen LogP contribution >= 0.6 is 11.6 Å². The van der Waals surface area contributed by atoms with Crippen molar-refractivity contribution < 1.29 is 4.74 Å². The maximum absolute atomic E-state index is 7.73. The van der Waals surface area contributed by atoms with Crippen LogP contribution in [0, 0.1) is 5.41 Å². The van der Waals surface area contributed by atoms with Crippen LogP contribution in [0.1, 0.15) is 25.5 Å². The molecular formula is C11H13ClN2O. The maximum Gasteiger partial charge on any atom is 0.204 e. The molecule has 0 aromatic heterocycles. The topological polar surface area (TPSA) is 45.1 Å². The summed E-state index contributed by atoms with van der Waals surface area (Å²) in [6.07, 6.45) is 0. The summed E-state index contributed by atoms with van der Waals surface area (Å²) >= 11 is 5.81. The Kier molecular flexibility index (Phi) is 2.44. The molecule has 4 heteroatoms. The fraction of sp³-hybridized carbons (Fsp3) is 0.364. The lowest BCUT2D eigenvalue weighted by Gasteiger charge is -2.16. The molecule has 2 rings (SSSR count). The van der Waals surface area contributed by atoms with Gasteiger partial charge in [0, 0.05) is 5.02 Å². The first-order valence-corrected chi connectivity index (χ1v) is 5.16. The molecule has 0 spiro atoms. The number of hydrogen-bond donors (Lipinski definition) is 2. The molecule has 80 valence electrons. The van der Waals surface area contributed by atoms with E-state index in [0.29, 0.717) is 5.02 Å². The van der Waals surface area contributed by atoms with Gasteiger partial charge in [-0.3, -0.25) is 10.7 Å². The summed E-state index contributed by atoms with van der Waals surface area (Å²) in [4.78, 5) is 0. The Bertz CT molecular complexity index is 386. The lowest BCUT2D eigenvalue weighted by molar-refractivity contribution is 0.0969. The molecule has 0 saturated carbocycles. The molecule has 1 aromatic carbocycles. The monoisotopic (exact) mass is 224 g/mol. The summed E-state index contributed by atoms with van der Waals surface area (Å²) in [6, 6.07) is 7.27. The second kappa shape index (κ2) is 3.51. The van der Waals surface area contributed by atoms with Crippen LogP contribution in [-0.4, -0.2) is 11.6 Å². The molecule has 1 aliphatic rings. The van der Waals surface area contributed by atoms with E-state index in [0.717, 1.165) is 5.56 Å². The second-order valence-corrected chi connectivity index (χ2v) is 4.54. The van der Waals surface area contributed by atoms with Crippen LogP contribution in [0.2, 0.25) is 5.02 Å². The van der Waals surface area contributed by atoms with Crippen molar-refractivity contribution in [3.8, 4) is 0 Å². The fourth-order valence-electron chi connectivity index (χ4n) is 1.67. The molecule has 1 saturated heterocycles. The molecule has 0 radical (unpaired) electrons. The van der Waals surface area contributed by atoms with E-state index in [1.165, 1.54) is 0 Å². The lowest BCUT2D eigenvalue weighted by atomic mass is 10.1. The van der Waals surface area contributed by atoms with E-state index in [9.17, 15) is 0 Å². The van der Waals surface area contributed by atoms with Crippen LogP contribution in [0.25, 0.3) is 0 Å². The number of nitrogens with one attached hydrogen (secondary N) is 2. The molecule has 1 aliphatic heterocycles. The highest BCUT2D eigenvalue weighted by Gasteiger charge is 2.37. The van der Waals surface area contributed by atoms with E-state index < -0.39 is 5.72 Å². The minimum atomic E-state index is -0.471. The van der Waals surface area contributed by atoms with Gasteiger partial charge in [0.25, 0.3) is 0 Å². The molecule has 0 aliphatic carbocycles. The number of ether oxygens (including phenoxy) is 1. The zero-order chi connectivity index (χ0) is 11.1. The average molecular weight is 225 g/mol. The van der Waals surface area contributed by atoms with Crippen LogP contribution in [0.4, 0.5) is 0 Å². The summed E-state index contributed by atoms with van der Waals surface area (Å²) < 4.78 is 5.39. The van der Waals surface area contributed by atoms with E-state index in [-0.39, 0.29) is 11.9 Å². The zero-order valence-electron chi connectivity index (χ0n) is 8.67. The van der Waals surface area contributed by atoms with Crippen LogP contribution < -0.4 is 5.32 Å². The summed E-state index contributed by atoms with van der Waals surface area (Å²) in [5, 5.41) is 11.7. The second-order valence-electron chi connectivity index (χ2n) is 4.11. The minimum absolute atomic E-state index is 0.169. The smallest absolute Gasteiger partial charge is 0.204 e. The van der Waals surface area contributed by atoms with Crippen LogP contribution in [-0.2, 0) is 4.74 Å². The van der Waals surface area contributed by atoms with Crippen LogP contribution in [0.15, 0.2) is 24.3 Å². The Morgan fingerprint density at radius 2 is 1.93 bits per heavy atom. The van der Waals surface area contributed by atoms with E-state index in [1.54, 1.807) is 0 Å². The van der Waals surface area contributed by atoms with Crippen molar-refractivity contribution in [3.05, 3.63) is 34.9 Å². The Morgan fingerprint density at radius 1 is 1.33 bits per heavy atom. The summed E-state index contributed by atoms with van der Waals surface area (Å²) in [5.74, 6) is 0.252. The van der Waals surface area contributed by atoms with Crippen molar-refractivity contribution in [2.75, 3.05) is 0 Å². The molecule has 2 N–H and O–H groups in total. The van der Waals surface area contributed by atoms with Crippen LogP contribution in [0.3, 0.4) is 0 Å². The van der Waals surface area contributed by atoms with Crippen molar-refractivity contribution in [3.63, 3.8) is 0 Å². The Hall–Kier alpha value is -1.06. The molecule has 1 fully saturated rings. The van der Waals surface area contributed by atoms with Crippen molar-refractivity contribution in [1.29, 1.82) is 5.41 Å². The van der Waals surface area contributed by atoms with E-state index in [2.05, 4.69) is 5.32 Å². The molecule has 1 aromatic rings. The van der Waals surface area contributed by atoms with E-state index in [4.69, 9.17) is 21.7 Å². The first kappa shape index (κ1) is 10.5. The fourth-order valence-corrected chi connectivity index (χ4v) is 1.79. The molecule has 3 nitrogen and oxygen atoms in total. The zero-order valence-corrected chi connectivity index (χ0v) is 9.43. The van der Waals surface area contributed by atoms with E-state index in [1.807, 2.05) is 38.1 Å². The third-order valence-electron chi connectivity index (χ3n) is 2.32. The number of hydrogen-bond acceptors (Lipinski definition) is 3. The van der Waals surface area contributed by atoms with Gasteiger partial charge in [0.1, 0.15) is 6.04 Å².